The number of hydrogen-bond acceptors (Lipinski definition) is 6. The van der Waals surface area contributed by atoms with Gasteiger partial charge in [0.15, 0.2) is 5.79 Å². The molecule has 2 aromatic rings. The number of anilines is 1. The van der Waals surface area contributed by atoms with Crippen molar-refractivity contribution in [1.82, 2.24) is 9.88 Å². The predicted molar refractivity (Wildman–Crippen MR) is 105 cm³/mol. The van der Waals surface area contributed by atoms with Crippen molar-refractivity contribution in [2.75, 3.05) is 38.7 Å². The van der Waals surface area contributed by atoms with Crippen LogP contribution in [0.15, 0.2) is 42.5 Å². The average Bonchev–Trinajstić information content (AvgIpc) is 3.22. The first-order valence-corrected chi connectivity index (χ1v) is 9.58. The van der Waals surface area contributed by atoms with Gasteiger partial charge in [-0.25, -0.2) is 4.98 Å². The van der Waals surface area contributed by atoms with Gasteiger partial charge in [0.2, 0.25) is 0 Å². The topological polar surface area (TPSA) is 90.0 Å². The molecule has 0 atom stereocenters. The quantitative estimate of drug-likeness (QED) is 0.852. The van der Waals surface area contributed by atoms with Gasteiger partial charge in [-0.2, -0.15) is 0 Å². The fourth-order valence-electron chi connectivity index (χ4n) is 3.57. The summed E-state index contributed by atoms with van der Waals surface area (Å²) in [6, 6.07) is 11.9. The number of rotatable bonds is 4. The van der Waals surface area contributed by atoms with Crippen molar-refractivity contribution in [3.05, 3.63) is 53.9 Å². The first-order chi connectivity index (χ1) is 14.1. The Bertz CT molecular complexity index is 901. The van der Waals surface area contributed by atoms with Crippen LogP contribution in [-0.4, -0.2) is 60.9 Å². The summed E-state index contributed by atoms with van der Waals surface area (Å²) in [4.78, 5) is 31.4. The lowest BCUT2D eigenvalue weighted by molar-refractivity contribution is -0.181. The van der Waals surface area contributed by atoms with Crippen molar-refractivity contribution < 1.29 is 23.8 Å². The normalized spacial score (nSPS) is 17.9. The Kier molecular flexibility index (Phi) is 5.46. The second-order valence-electron chi connectivity index (χ2n) is 6.99. The van der Waals surface area contributed by atoms with Crippen LogP contribution >= 0.6 is 0 Å². The maximum atomic E-state index is 12.9. The van der Waals surface area contributed by atoms with E-state index in [1.54, 1.807) is 54.5 Å². The number of hydrogen-bond donors (Lipinski definition) is 1. The molecule has 4 rings (SSSR count). The van der Waals surface area contributed by atoms with Gasteiger partial charge in [0.1, 0.15) is 17.1 Å². The van der Waals surface area contributed by atoms with Crippen molar-refractivity contribution in [1.29, 1.82) is 0 Å². The van der Waals surface area contributed by atoms with E-state index in [9.17, 15) is 9.59 Å². The Hall–Kier alpha value is -2.97. The lowest BCUT2D eigenvalue weighted by Crippen LogP contribution is -2.47. The van der Waals surface area contributed by atoms with Crippen LogP contribution in [-0.2, 0) is 9.47 Å². The van der Waals surface area contributed by atoms with Gasteiger partial charge < -0.3 is 24.4 Å². The van der Waals surface area contributed by atoms with E-state index in [4.69, 9.17) is 14.2 Å². The predicted octanol–water partition coefficient (Wildman–Crippen LogP) is 2.32. The summed E-state index contributed by atoms with van der Waals surface area (Å²) >= 11 is 0. The lowest BCUT2D eigenvalue weighted by atomic mass is 10.0. The van der Waals surface area contributed by atoms with Crippen LogP contribution in [0, 0.1) is 0 Å². The molecule has 8 nitrogen and oxygen atoms in total. The van der Waals surface area contributed by atoms with E-state index >= 15 is 0 Å². The zero-order valence-corrected chi connectivity index (χ0v) is 16.2. The summed E-state index contributed by atoms with van der Waals surface area (Å²) < 4.78 is 16.6. The molecule has 2 aliphatic heterocycles. The molecule has 29 heavy (non-hydrogen) atoms. The van der Waals surface area contributed by atoms with Crippen molar-refractivity contribution in [2.24, 2.45) is 0 Å². The number of piperidine rings is 1. The highest BCUT2D eigenvalue weighted by Gasteiger charge is 2.41. The van der Waals surface area contributed by atoms with E-state index in [1.165, 1.54) is 0 Å². The van der Waals surface area contributed by atoms with Crippen molar-refractivity contribution in [2.45, 2.75) is 18.6 Å². The molecule has 2 fully saturated rings. The van der Waals surface area contributed by atoms with Crippen molar-refractivity contribution >= 4 is 17.5 Å². The van der Waals surface area contributed by atoms with Crippen molar-refractivity contribution in [3.8, 4) is 5.75 Å². The molecule has 2 aliphatic rings. The van der Waals surface area contributed by atoms with E-state index in [0.717, 1.165) is 0 Å². The number of nitrogens with one attached hydrogen (secondary N) is 1. The second-order valence-corrected chi connectivity index (χ2v) is 6.99. The van der Waals surface area contributed by atoms with E-state index < -0.39 is 11.7 Å². The molecule has 1 aromatic carbocycles. The molecule has 0 saturated carbocycles. The van der Waals surface area contributed by atoms with Gasteiger partial charge >= 0.3 is 0 Å². The largest absolute Gasteiger partial charge is 0.497 e. The average molecular weight is 397 g/mol. The Morgan fingerprint density at radius 1 is 1.07 bits per heavy atom. The molecule has 0 bridgehead atoms. The monoisotopic (exact) mass is 397 g/mol. The van der Waals surface area contributed by atoms with Gasteiger partial charge in [0.05, 0.1) is 20.3 Å². The number of methoxy groups -OCH3 is 1. The highest BCUT2D eigenvalue weighted by molar-refractivity contribution is 6.04. The van der Waals surface area contributed by atoms with E-state index in [1.807, 2.05) is 0 Å². The molecule has 1 spiro atoms. The Morgan fingerprint density at radius 2 is 1.76 bits per heavy atom. The van der Waals surface area contributed by atoms with E-state index in [-0.39, 0.29) is 17.3 Å². The number of likely N-dealkylation sites (tertiary alicyclic amines) is 1. The molecule has 0 radical (unpaired) electrons. The molecule has 1 N–H and O–H groups in total. The Balaban J connectivity index is 1.42. The molecule has 2 saturated heterocycles. The summed E-state index contributed by atoms with van der Waals surface area (Å²) in [7, 11) is 1.56. The van der Waals surface area contributed by atoms with Crippen LogP contribution in [0.25, 0.3) is 0 Å². The Labute approximate surface area is 168 Å². The smallest absolute Gasteiger partial charge is 0.274 e. The van der Waals surface area contributed by atoms with Crippen LogP contribution in [0.4, 0.5) is 5.69 Å². The van der Waals surface area contributed by atoms with Crippen LogP contribution in [0.2, 0.25) is 0 Å². The minimum Gasteiger partial charge on any atom is -0.497 e. The summed E-state index contributed by atoms with van der Waals surface area (Å²) in [6.45, 7) is 2.25. The number of carbonyl (C=O) groups excluding carboxylic acids is 2. The Morgan fingerprint density at radius 3 is 2.48 bits per heavy atom. The number of ether oxygens (including phenoxy) is 3. The number of benzene rings is 1. The highest BCUT2D eigenvalue weighted by Crippen LogP contribution is 2.31. The summed E-state index contributed by atoms with van der Waals surface area (Å²) in [5.41, 5.74) is 1.01. The van der Waals surface area contributed by atoms with Crippen LogP contribution < -0.4 is 10.1 Å². The van der Waals surface area contributed by atoms with Gasteiger partial charge in [-0.15, -0.1) is 0 Å². The number of pyridine rings is 1. The summed E-state index contributed by atoms with van der Waals surface area (Å²) in [6.07, 6.45) is 1.27. The molecular formula is C21H23N3O5. The third kappa shape index (κ3) is 4.23. The molecule has 1 aromatic heterocycles. The van der Waals surface area contributed by atoms with Crippen LogP contribution in [0.5, 0.6) is 5.75 Å². The molecule has 152 valence electrons. The fourth-order valence-corrected chi connectivity index (χ4v) is 3.57. The van der Waals surface area contributed by atoms with Gasteiger partial charge in [-0.05, 0) is 24.3 Å². The molecule has 2 amide bonds. The third-order valence-electron chi connectivity index (χ3n) is 5.15. The highest BCUT2D eigenvalue weighted by atomic mass is 16.7. The standard InChI is InChI=1S/C21H23N3O5/c1-27-16-5-2-4-15(14-16)22-19(25)17-6-3-7-18(23-17)20(26)24-10-8-21(9-11-24)28-12-13-29-21/h2-7,14H,8-13H2,1H3,(H,22,25). The first kappa shape index (κ1) is 19.4. The van der Waals surface area contributed by atoms with Gasteiger partial charge in [-0.1, -0.05) is 12.1 Å². The van der Waals surface area contributed by atoms with E-state index in [2.05, 4.69) is 10.3 Å². The maximum absolute atomic E-state index is 12.9. The zero-order chi connectivity index (χ0) is 20.3. The maximum Gasteiger partial charge on any atom is 0.274 e. The minimum absolute atomic E-state index is 0.176. The molecule has 0 aliphatic carbocycles. The zero-order valence-electron chi connectivity index (χ0n) is 16.2. The minimum atomic E-state index is -0.539. The molecule has 3 heterocycles. The number of carbonyl (C=O) groups is 2. The van der Waals surface area contributed by atoms with Gasteiger partial charge in [0, 0.05) is 37.7 Å². The van der Waals surface area contributed by atoms with Gasteiger partial charge in [0.25, 0.3) is 11.8 Å². The number of amides is 2. The third-order valence-corrected chi connectivity index (χ3v) is 5.15. The lowest BCUT2D eigenvalue weighted by Gasteiger charge is -2.37. The first-order valence-electron chi connectivity index (χ1n) is 9.58. The van der Waals surface area contributed by atoms with Gasteiger partial charge in [-0.3, -0.25) is 9.59 Å². The van der Waals surface area contributed by atoms with E-state index in [0.29, 0.717) is 50.6 Å². The van der Waals surface area contributed by atoms with Crippen LogP contribution in [0.1, 0.15) is 33.8 Å². The summed E-state index contributed by atoms with van der Waals surface area (Å²) in [5, 5.41) is 2.77. The molecule has 0 unspecified atom stereocenters. The number of aromatic nitrogens is 1. The fraction of sp³-hybridized carbons (Fsp3) is 0.381. The molecule has 8 heteroatoms. The second kappa shape index (κ2) is 8.18. The van der Waals surface area contributed by atoms with Crippen LogP contribution in [0.3, 0.4) is 0 Å². The van der Waals surface area contributed by atoms with Crippen molar-refractivity contribution in [3.63, 3.8) is 0 Å². The SMILES string of the molecule is COc1cccc(NC(=O)c2cccc(C(=O)N3CCC4(CC3)OCCO4)n2)c1. The number of nitrogens with zero attached hydrogens (tertiary/aromatic N) is 2. The summed E-state index contributed by atoms with van der Waals surface area (Å²) in [5.74, 6) is -0.493. The molecular weight excluding hydrogens is 374 g/mol.